The monoisotopic (exact) mass is 428 g/mol. The lowest BCUT2D eigenvalue weighted by Crippen LogP contribution is -2.26. The smallest absolute Gasteiger partial charge is 0.287 e. The Labute approximate surface area is 175 Å². The molecule has 3 aromatic heterocycles. The van der Waals surface area contributed by atoms with E-state index in [2.05, 4.69) is 25.7 Å². The molecule has 150 valence electrons. The van der Waals surface area contributed by atoms with Crippen molar-refractivity contribution in [2.45, 2.75) is 36.9 Å². The van der Waals surface area contributed by atoms with Crippen LogP contribution in [0.4, 0.5) is 0 Å². The van der Waals surface area contributed by atoms with E-state index in [1.165, 1.54) is 11.3 Å². The zero-order valence-corrected chi connectivity index (χ0v) is 17.7. The van der Waals surface area contributed by atoms with Crippen LogP contribution in [0.15, 0.2) is 39.3 Å². The number of furan rings is 1. The maximum Gasteiger partial charge on any atom is 0.287 e. The van der Waals surface area contributed by atoms with Crippen LogP contribution in [0.5, 0.6) is 0 Å². The van der Waals surface area contributed by atoms with Gasteiger partial charge in [0.1, 0.15) is 22.7 Å². The molecule has 1 N–H and O–H groups in total. The fourth-order valence-corrected chi connectivity index (χ4v) is 4.84. The highest BCUT2D eigenvalue weighted by Gasteiger charge is 2.21. The van der Waals surface area contributed by atoms with Crippen LogP contribution in [0.1, 0.15) is 33.9 Å². The zero-order chi connectivity index (χ0) is 20.2. The minimum atomic E-state index is -0.229. The molecule has 1 aromatic carbocycles. The van der Waals surface area contributed by atoms with Gasteiger partial charge in [0.25, 0.3) is 5.91 Å². The molecule has 0 saturated heterocycles. The van der Waals surface area contributed by atoms with Gasteiger partial charge in [0.15, 0.2) is 10.1 Å². The molecule has 4 rings (SSSR count). The van der Waals surface area contributed by atoms with Crippen molar-refractivity contribution in [3.05, 3.63) is 52.7 Å². The van der Waals surface area contributed by atoms with Crippen LogP contribution in [0.25, 0.3) is 11.0 Å². The van der Waals surface area contributed by atoms with E-state index >= 15 is 0 Å². The van der Waals surface area contributed by atoms with Crippen molar-refractivity contribution in [1.29, 1.82) is 0 Å². The number of thioether (sulfide) groups is 1. The van der Waals surface area contributed by atoms with Gasteiger partial charge in [-0.25, -0.2) is 0 Å². The first-order valence-electron chi connectivity index (χ1n) is 9.24. The number of amides is 1. The van der Waals surface area contributed by atoms with Crippen molar-refractivity contribution in [3.8, 4) is 0 Å². The van der Waals surface area contributed by atoms with E-state index in [4.69, 9.17) is 4.42 Å². The fourth-order valence-electron chi connectivity index (χ4n) is 3.00. The predicted molar refractivity (Wildman–Crippen MR) is 112 cm³/mol. The number of carbonyl (C=O) groups is 1. The summed E-state index contributed by atoms with van der Waals surface area (Å²) in [6, 6.07) is 7.69. The summed E-state index contributed by atoms with van der Waals surface area (Å²) in [5.41, 5.74) is 1.57. The van der Waals surface area contributed by atoms with Crippen molar-refractivity contribution < 1.29 is 9.21 Å². The summed E-state index contributed by atoms with van der Waals surface area (Å²) >= 11 is 3.09. The van der Waals surface area contributed by atoms with E-state index in [0.29, 0.717) is 30.1 Å². The second-order valence-electron chi connectivity index (χ2n) is 6.32. The van der Waals surface area contributed by atoms with E-state index in [1.54, 1.807) is 18.1 Å². The predicted octanol–water partition coefficient (Wildman–Crippen LogP) is 3.47. The SMILES string of the molecule is CCn1cnnc1CCNC(=O)c1oc2ccccc2c1CSc1nnc(C)s1. The molecule has 0 aliphatic heterocycles. The Morgan fingerprint density at radius 1 is 1.28 bits per heavy atom. The number of para-hydroxylation sites is 1. The molecule has 0 fully saturated rings. The number of rotatable bonds is 8. The Bertz CT molecular complexity index is 1130. The van der Waals surface area contributed by atoms with E-state index < -0.39 is 0 Å². The Morgan fingerprint density at radius 2 is 2.14 bits per heavy atom. The van der Waals surface area contributed by atoms with Crippen LogP contribution in [0.3, 0.4) is 0 Å². The third-order valence-electron chi connectivity index (χ3n) is 4.42. The summed E-state index contributed by atoms with van der Waals surface area (Å²) in [4.78, 5) is 12.9. The number of hydrogen-bond donors (Lipinski definition) is 1. The number of aromatic nitrogens is 5. The molecule has 0 unspecified atom stereocenters. The van der Waals surface area contributed by atoms with Gasteiger partial charge in [-0.15, -0.1) is 20.4 Å². The van der Waals surface area contributed by atoms with Crippen molar-refractivity contribution in [2.75, 3.05) is 6.54 Å². The number of fused-ring (bicyclic) bond motifs is 1. The van der Waals surface area contributed by atoms with Crippen LogP contribution < -0.4 is 5.32 Å². The maximum absolute atomic E-state index is 12.9. The minimum absolute atomic E-state index is 0.229. The largest absolute Gasteiger partial charge is 0.451 e. The summed E-state index contributed by atoms with van der Waals surface area (Å²) in [5, 5.41) is 21.0. The standard InChI is InChI=1S/C19H20N6O2S2/c1-3-25-11-21-23-16(25)8-9-20-18(26)17-14(10-28-19-24-22-12(2)29-19)13-6-4-5-7-15(13)27-17/h4-7,11H,3,8-10H2,1-2H3,(H,20,26). The number of nitrogens with one attached hydrogen (secondary N) is 1. The Hall–Kier alpha value is -2.72. The molecule has 8 nitrogen and oxygen atoms in total. The summed E-state index contributed by atoms with van der Waals surface area (Å²) < 4.78 is 8.73. The van der Waals surface area contributed by atoms with Crippen molar-refractivity contribution in [3.63, 3.8) is 0 Å². The highest BCUT2D eigenvalue weighted by molar-refractivity contribution is 8.00. The van der Waals surface area contributed by atoms with Crippen LogP contribution in [0, 0.1) is 6.92 Å². The number of benzene rings is 1. The first-order chi connectivity index (χ1) is 14.2. The molecule has 4 aromatic rings. The summed E-state index contributed by atoms with van der Waals surface area (Å²) in [5.74, 6) is 1.54. The minimum Gasteiger partial charge on any atom is -0.451 e. The summed E-state index contributed by atoms with van der Waals surface area (Å²) in [6.45, 7) is 5.21. The summed E-state index contributed by atoms with van der Waals surface area (Å²) in [7, 11) is 0. The Morgan fingerprint density at radius 3 is 2.93 bits per heavy atom. The number of aryl methyl sites for hydroxylation is 2. The van der Waals surface area contributed by atoms with Crippen molar-refractivity contribution in [1.82, 2.24) is 30.3 Å². The molecule has 0 atom stereocenters. The third kappa shape index (κ3) is 4.33. The normalized spacial score (nSPS) is 11.2. The second-order valence-corrected chi connectivity index (χ2v) is 8.72. The van der Waals surface area contributed by atoms with E-state index in [0.717, 1.165) is 32.7 Å². The lowest BCUT2D eigenvalue weighted by atomic mass is 10.1. The second kappa shape index (κ2) is 8.75. The van der Waals surface area contributed by atoms with Gasteiger partial charge >= 0.3 is 0 Å². The quantitative estimate of drug-likeness (QED) is 0.429. The van der Waals surface area contributed by atoms with E-state index in [1.807, 2.05) is 42.7 Å². The molecule has 10 heteroatoms. The lowest BCUT2D eigenvalue weighted by Gasteiger charge is -2.06. The van der Waals surface area contributed by atoms with Gasteiger partial charge in [0.2, 0.25) is 0 Å². The molecule has 0 spiro atoms. The molecule has 0 aliphatic rings. The van der Waals surface area contributed by atoms with E-state index in [-0.39, 0.29) is 5.91 Å². The van der Waals surface area contributed by atoms with Gasteiger partial charge in [-0.2, -0.15) is 0 Å². The van der Waals surface area contributed by atoms with Gasteiger partial charge in [-0.3, -0.25) is 4.79 Å². The van der Waals surface area contributed by atoms with Gasteiger partial charge in [-0.1, -0.05) is 41.3 Å². The Kier molecular flexibility index (Phi) is 5.91. The van der Waals surface area contributed by atoms with Gasteiger partial charge in [0, 0.05) is 36.2 Å². The first kappa shape index (κ1) is 19.6. The van der Waals surface area contributed by atoms with Crippen molar-refractivity contribution >= 4 is 40.0 Å². The van der Waals surface area contributed by atoms with Gasteiger partial charge in [-0.05, 0) is 19.9 Å². The highest BCUT2D eigenvalue weighted by Crippen LogP contribution is 2.33. The lowest BCUT2D eigenvalue weighted by molar-refractivity contribution is 0.0927. The van der Waals surface area contributed by atoms with Crippen LogP contribution >= 0.6 is 23.1 Å². The van der Waals surface area contributed by atoms with Crippen LogP contribution in [0.2, 0.25) is 0 Å². The number of nitrogens with zero attached hydrogens (tertiary/aromatic N) is 5. The van der Waals surface area contributed by atoms with Gasteiger partial charge in [0.05, 0.1) is 0 Å². The maximum atomic E-state index is 12.9. The average molecular weight is 429 g/mol. The first-order valence-corrected chi connectivity index (χ1v) is 11.0. The average Bonchev–Trinajstić information content (AvgIpc) is 3.44. The Balaban J connectivity index is 1.50. The molecule has 0 radical (unpaired) electrons. The molecule has 29 heavy (non-hydrogen) atoms. The van der Waals surface area contributed by atoms with Crippen LogP contribution in [-0.4, -0.2) is 37.4 Å². The molecule has 0 aliphatic carbocycles. The molecule has 0 saturated carbocycles. The summed E-state index contributed by atoms with van der Waals surface area (Å²) in [6.07, 6.45) is 2.30. The third-order valence-corrected chi connectivity index (χ3v) is 6.42. The highest BCUT2D eigenvalue weighted by atomic mass is 32.2. The zero-order valence-electron chi connectivity index (χ0n) is 16.1. The molecule has 0 bridgehead atoms. The molecular weight excluding hydrogens is 408 g/mol. The number of hydrogen-bond acceptors (Lipinski definition) is 8. The number of carbonyl (C=O) groups excluding carboxylic acids is 1. The van der Waals surface area contributed by atoms with E-state index in [9.17, 15) is 4.79 Å². The molecule has 1 amide bonds. The topological polar surface area (TPSA) is 98.7 Å². The van der Waals surface area contributed by atoms with Crippen LogP contribution in [-0.2, 0) is 18.7 Å². The molecular formula is C19H20N6O2S2. The van der Waals surface area contributed by atoms with Gasteiger partial charge < -0.3 is 14.3 Å². The van der Waals surface area contributed by atoms with Crippen molar-refractivity contribution in [2.24, 2.45) is 0 Å². The fraction of sp³-hybridized carbons (Fsp3) is 0.316. The molecule has 3 heterocycles.